The summed E-state index contributed by atoms with van der Waals surface area (Å²) in [6.07, 6.45) is 3.81. The Hall–Kier alpha value is -4.25. The van der Waals surface area contributed by atoms with Crippen molar-refractivity contribution in [2.75, 3.05) is 10.8 Å². The topological polar surface area (TPSA) is 130 Å². The molecule has 2 amide bonds. The number of nitrogens with zero attached hydrogens (tertiary/aromatic N) is 3. The highest BCUT2D eigenvalue weighted by Crippen LogP contribution is 2.28. The summed E-state index contributed by atoms with van der Waals surface area (Å²) in [5.41, 5.74) is 1.41. The number of aryl methyl sites for hydroxylation is 1. The van der Waals surface area contributed by atoms with Gasteiger partial charge in [0, 0.05) is 24.7 Å². The van der Waals surface area contributed by atoms with Crippen LogP contribution in [-0.4, -0.2) is 48.7 Å². The fourth-order valence-corrected chi connectivity index (χ4v) is 6.42. The van der Waals surface area contributed by atoms with Crippen LogP contribution in [0.4, 0.5) is 11.4 Å². The predicted molar refractivity (Wildman–Crippen MR) is 156 cm³/mol. The monoisotopic (exact) mass is 578 g/mol. The Morgan fingerprint density at radius 2 is 1.68 bits per heavy atom. The van der Waals surface area contributed by atoms with Crippen LogP contribution in [0.3, 0.4) is 0 Å². The molecule has 1 fully saturated rings. The Kier molecular flexibility index (Phi) is 9.38. The molecular weight excluding hydrogens is 544 g/mol. The number of non-ortho nitro benzene ring substituents is 1. The van der Waals surface area contributed by atoms with Crippen LogP contribution in [0.2, 0.25) is 0 Å². The number of hydrogen-bond acceptors (Lipinski definition) is 6. The number of rotatable bonds is 11. The van der Waals surface area contributed by atoms with Crippen LogP contribution in [0.5, 0.6) is 0 Å². The summed E-state index contributed by atoms with van der Waals surface area (Å²) in [7, 11) is -4.31. The maximum atomic E-state index is 14.0. The molecule has 3 aromatic rings. The molecule has 3 aromatic carbocycles. The molecule has 0 saturated heterocycles. The molecule has 1 aliphatic carbocycles. The Bertz CT molecular complexity index is 1510. The van der Waals surface area contributed by atoms with Crippen molar-refractivity contribution in [1.29, 1.82) is 0 Å². The van der Waals surface area contributed by atoms with Crippen molar-refractivity contribution >= 4 is 33.2 Å². The van der Waals surface area contributed by atoms with Crippen LogP contribution in [0.1, 0.15) is 43.7 Å². The maximum absolute atomic E-state index is 14.0. The van der Waals surface area contributed by atoms with E-state index in [1.165, 1.54) is 35.2 Å². The van der Waals surface area contributed by atoms with Crippen molar-refractivity contribution in [3.05, 3.63) is 100 Å². The first-order chi connectivity index (χ1) is 19.6. The van der Waals surface area contributed by atoms with Crippen LogP contribution >= 0.6 is 0 Å². The molecule has 11 heteroatoms. The molecule has 0 bridgehead atoms. The Balaban J connectivity index is 1.71. The zero-order valence-corrected chi connectivity index (χ0v) is 23.9. The molecule has 1 N–H and O–H groups in total. The van der Waals surface area contributed by atoms with Crippen LogP contribution in [0, 0.1) is 17.0 Å². The summed E-state index contributed by atoms with van der Waals surface area (Å²) in [5.74, 6) is -0.933. The summed E-state index contributed by atoms with van der Waals surface area (Å²) in [6, 6.07) is 19.4. The normalized spacial score (nSPS) is 14.3. The lowest BCUT2D eigenvalue weighted by molar-refractivity contribution is -0.384. The first kappa shape index (κ1) is 29.7. The first-order valence-corrected chi connectivity index (χ1v) is 15.0. The standard InChI is InChI=1S/C30H34N4O6S/c1-22-10-8-11-24(18-22)20-32(23(2)30(36)31-25-12-6-7-13-25)29(35)21-33(26-14-9-15-27(19-26)34(37)38)41(39,40)28-16-4-3-5-17-28/h3-5,8-11,14-19,23,25H,6-7,12-13,20-21H2,1-2H3,(H,31,36)/t23-/m1/s1. The minimum Gasteiger partial charge on any atom is -0.352 e. The van der Waals surface area contributed by atoms with Gasteiger partial charge >= 0.3 is 0 Å². The lowest BCUT2D eigenvalue weighted by atomic mass is 10.1. The molecule has 1 saturated carbocycles. The third-order valence-corrected chi connectivity index (χ3v) is 9.03. The smallest absolute Gasteiger partial charge is 0.271 e. The zero-order valence-electron chi connectivity index (χ0n) is 23.1. The first-order valence-electron chi connectivity index (χ1n) is 13.5. The highest BCUT2D eigenvalue weighted by Gasteiger charge is 2.33. The Morgan fingerprint density at radius 3 is 2.34 bits per heavy atom. The van der Waals surface area contributed by atoms with Gasteiger partial charge in [-0.3, -0.25) is 24.0 Å². The van der Waals surface area contributed by atoms with Crippen molar-refractivity contribution in [3.8, 4) is 0 Å². The number of carbonyl (C=O) groups is 2. The average Bonchev–Trinajstić information content (AvgIpc) is 3.47. The summed E-state index contributed by atoms with van der Waals surface area (Å²) in [6.45, 7) is 2.96. The zero-order chi connectivity index (χ0) is 29.6. The number of nitro benzene ring substituents is 1. The average molecular weight is 579 g/mol. The van der Waals surface area contributed by atoms with Crippen molar-refractivity contribution < 1.29 is 22.9 Å². The fraction of sp³-hybridized carbons (Fsp3) is 0.333. The fourth-order valence-electron chi connectivity index (χ4n) is 4.99. The second-order valence-corrected chi connectivity index (χ2v) is 12.1. The van der Waals surface area contributed by atoms with Gasteiger partial charge in [0.15, 0.2) is 0 Å². The van der Waals surface area contributed by atoms with Gasteiger partial charge in [0.25, 0.3) is 15.7 Å². The van der Waals surface area contributed by atoms with E-state index in [1.807, 2.05) is 31.2 Å². The number of nitro groups is 1. The van der Waals surface area contributed by atoms with E-state index in [9.17, 15) is 28.1 Å². The van der Waals surface area contributed by atoms with Crippen molar-refractivity contribution in [1.82, 2.24) is 10.2 Å². The van der Waals surface area contributed by atoms with E-state index >= 15 is 0 Å². The summed E-state index contributed by atoms with van der Waals surface area (Å²) in [5, 5.41) is 14.5. The summed E-state index contributed by atoms with van der Waals surface area (Å²) in [4.78, 5) is 39.4. The number of nitrogens with one attached hydrogen (secondary N) is 1. The van der Waals surface area contributed by atoms with E-state index in [0.717, 1.165) is 47.2 Å². The van der Waals surface area contributed by atoms with E-state index in [0.29, 0.717) is 0 Å². The van der Waals surface area contributed by atoms with Gasteiger partial charge in [-0.2, -0.15) is 0 Å². The molecule has 41 heavy (non-hydrogen) atoms. The van der Waals surface area contributed by atoms with E-state index in [1.54, 1.807) is 25.1 Å². The highest BCUT2D eigenvalue weighted by molar-refractivity contribution is 7.92. The van der Waals surface area contributed by atoms with Crippen LogP contribution in [-0.2, 0) is 26.2 Å². The molecule has 1 aliphatic rings. The van der Waals surface area contributed by atoms with E-state index < -0.39 is 33.4 Å². The van der Waals surface area contributed by atoms with Gasteiger partial charge in [0.05, 0.1) is 15.5 Å². The van der Waals surface area contributed by atoms with Crippen LogP contribution in [0.15, 0.2) is 83.8 Å². The lowest BCUT2D eigenvalue weighted by Crippen LogP contribution is -2.52. The van der Waals surface area contributed by atoms with Crippen LogP contribution in [0.25, 0.3) is 0 Å². The SMILES string of the molecule is Cc1cccc(CN(C(=O)CN(c2cccc([N+](=O)[O-])c2)S(=O)(=O)c2ccccc2)[C@H](C)C(=O)NC2CCCC2)c1. The predicted octanol–water partition coefficient (Wildman–Crippen LogP) is 4.57. The maximum Gasteiger partial charge on any atom is 0.271 e. The lowest BCUT2D eigenvalue weighted by Gasteiger charge is -2.32. The Labute approximate surface area is 240 Å². The third kappa shape index (κ3) is 7.29. The number of anilines is 1. The van der Waals surface area contributed by atoms with Gasteiger partial charge in [-0.05, 0) is 50.5 Å². The molecule has 0 radical (unpaired) electrons. The summed E-state index contributed by atoms with van der Waals surface area (Å²) < 4.78 is 28.5. The van der Waals surface area contributed by atoms with Crippen molar-refractivity contribution in [3.63, 3.8) is 0 Å². The Morgan fingerprint density at radius 1 is 1.00 bits per heavy atom. The van der Waals surface area contributed by atoms with Gasteiger partial charge in [-0.25, -0.2) is 8.42 Å². The number of hydrogen-bond donors (Lipinski definition) is 1. The highest BCUT2D eigenvalue weighted by atomic mass is 32.2. The molecule has 4 rings (SSSR count). The molecule has 216 valence electrons. The molecule has 0 spiro atoms. The summed E-state index contributed by atoms with van der Waals surface area (Å²) >= 11 is 0. The van der Waals surface area contributed by atoms with Crippen LogP contribution < -0.4 is 9.62 Å². The molecule has 1 atom stereocenters. The number of sulfonamides is 1. The molecule has 0 aliphatic heterocycles. The van der Waals surface area contributed by atoms with E-state index in [4.69, 9.17) is 0 Å². The number of amides is 2. The van der Waals surface area contributed by atoms with Gasteiger partial charge in [0.2, 0.25) is 11.8 Å². The van der Waals surface area contributed by atoms with Gasteiger partial charge in [-0.1, -0.05) is 66.9 Å². The second-order valence-electron chi connectivity index (χ2n) is 10.3. The van der Waals surface area contributed by atoms with Gasteiger partial charge < -0.3 is 10.2 Å². The second kappa shape index (κ2) is 12.9. The number of carbonyl (C=O) groups excluding carboxylic acids is 2. The minimum atomic E-state index is -4.31. The third-order valence-electron chi connectivity index (χ3n) is 7.24. The molecular formula is C30H34N4O6S. The quantitative estimate of drug-likeness (QED) is 0.262. The molecule has 0 heterocycles. The van der Waals surface area contributed by atoms with E-state index in [2.05, 4.69) is 5.32 Å². The van der Waals surface area contributed by atoms with Crippen molar-refractivity contribution in [2.45, 2.75) is 63.1 Å². The van der Waals surface area contributed by atoms with Gasteiger partial charge in [0.1, 0.15) is 12.6 Å². The molecule has 10 nitrogen and oxygen atoms in total. The number of benzene rings is 3. The molecule has 0 unspecified atom stereocenters. The van der Waals surface area contributed by atoms with Crippen molar-refractivity contribution in [2.24, 2.45) is 0 Å². The molecule has 0 aromatic heterocycles. The largest absolute Gasteiger partial charge is 0.352 e. The van der Waals surface area contributed by atoms with E-state index in [-0.39, 0.29) is 34.8 Å². The van der Waals surface area contributed by atoms with Gasteiger partial charge in [-0.15, -0.1) is 0 Å². The minimum absolute atomic E-state index is 0.0324.